The maximum atomic E-state index is 12.7. The van der Waals surface area contributed by atoms with E-state index in [1.165, 1.54) is 25.3 Å². The van der Waals surface area contributed by atoms with Crippen LogP contribution in [-0.2, 0) is 10.9 Å². The fourth-order valence-electron chi connectivity index (χ4n) is 1.26. The molecule has 0 saturated carbocycles. The van der Waals surface area contributed by atoms with Gasteiger partial charge in [0.15, 0.2) is 0 Å². The minimum absolute atomic E-state index is 0.0764. The van der Waals surface area contributed by atoms with Crippen molar-refractivity contribution in [3.63, 3.8) is 0 Å². The number of methoxy groups -OCH3 is 1. The van der Waals surface area contributed by atoms with E-state index in [2.05, 4.69) is 6.58 Å². The summed E-state index contributed by atoms with van der Waals surface area (Å²) in [4.78, 5) is 0. The van der Waals surface area contributed by atoms with Gasteiger partial charge in [0.05, 0.1) is 12.2 Å². The largest absolute Gasteiger partial charge is 0.491 e. The molecule has 0 amide bonds. The van der Waals surface area contributed by atoms with Crippen molar-refractivity contribution in [1.82, 2.24) is 0 Å². The van der Waals surface area contributed by atoms with E-state index in [0.717, 1.165) is 6.07 Å². The van der Waals surface area contributed by atoms with Crippen molar-refractivity contribution < 1.29 is 22.6 Å². The van der Waals surface area contributed by atoms with Crippen LogP contribution >= 0.6 is 0 Å². The summed E-state index contributed by atoms with van der Waals surface area (Å²) in [6.45, 7) is 3.74. The number of benzene rings is 1. The molecular weight excluding hydrogens is 233 g/mol. The first kappa shape index (κ1) is 13.6. The molecule has 0 atom stereocenters. The maximum absolute atomic E-state index is 12.7. The van der Waals surface area contributed by atoms with Crippen LogP contribution in [0.1, 0.15) is 11.1 Å². The van der Waals surface area contributed by atoms with Gasteiger partial charge in [-0.3, -0.25) is 0 Å². The molecule has 0 saturated heterocycles. The summed E-state index contributed by atoms with van der Waals surface area (Å²) in [7, 11) is 1.45. The van der Waals surface area contributed by atoms with Gasteiger partial charge in [-0.2, -0.15) is 13.2 Å². The van der Waals surface area contributed by atoms with E-state index in [4.69, 9.17) is 9.47 Å². The van der Waals surface area contributed by atoms with Gasteiger partial charge in [-0.25, -0.2) is 0 Å². The van der Waals surface area contributed by atoms with Crippen LogP contribution in [0.15, 0.2) is 24.8 Å². The van der Waals surface area contributed by atoms with Gasteiger partial charge in [-0.05, 0) is 17.7 Å². The normalized spacial score (nSPS) is 11.3. The number of halogens is 3. The number of rotatable bonds is 5. The number of hydrogen-bond acceptors (Lipinski definition) is 2. The van der Waals surface area contributed by atoms with Gasteiger partial charge < -0.3 is 9.47 Å². The zero-order chi connectivity index (χ0) is 12.9. The van der Waals surface area contributed by atoms with E-state index in [1.807, 2.05) is 0 Å². The molecule has 0 aliphatic heterocycles. The standard InChI is InChI=1S/C12H13F3O2/c1-3-9-4-5-11(17-7-6-16-2)10(8-9)12(13,14)15/h3-5,8H,1,6-7H2,2H3. The fraction of sp³-hybridized carbons (Fsp3) is 0.333. The monoisotopic (exact) mass is 246 g/mol. The Kier molecular flexibility index (Phi) is 4.57. The summed E-state index contributed by atoms with van der Waals surface area (Å²) < 4.78 is 47.9. The second-order valence-corrected chi connectivity index (χ2v) is 3.30. The molecule has 0 unspecified atom stereocenters. The second kappa shape index (κ2) is 5.72. The van der Waals surface area contributed by atoms with Gasteiger partial charge in [0, 0.05) is 7.11 Å². The maximum Gasteiger partial charge on any atom is 0.419 e. The van der Waals surface area contributed by atoms with E-state index in [-0.39, 0.29) is 19.0 Å². The highest BCUT2D eigenvalue weighted by Gasteiger charge is 2.34. The first-order chi connectivity index (χ1) is 7.99. The van der Waals surface area contributed by atoms with Crippen LogP contribution in [0.3, 0.4) is 0 Å². The van der Waals surface area contributed by atoms with Crippen molar-refractivity contribution >= 4 is 6.08 Å². The molecule has 1 aromatic carbocycles. The van der Waals surface area contributed by atoms with Crippen molar-refractivity contribution in [2.75, 3.05) is 20.3 Å². The van der Waals surface area contributed by atoms with Gasteiger partial charge in [0.25, 0.3) is 0 Å². The molecule has 0 spiro atoms. The van der Waals surface area contributed by atoms with Crippen molar-refractivity contribution in [1.29, 1.82) is 0 Å². The smallest absolute Gasteiger partial charge is 0.419 e. The average Bonchev–Trinajstić information content (AvgIpc) is 2.28. The second-order valence-electron chi connectivity index (χ2n) is 3.30. The van der Waals surface area contributed by atoms with Gasteiger partial charge in [-0.15, -0.1) is 0 Å². The van der Waals surface area contributed by atoms with Gasteiger partial charge in [0.2, 0.25) is 0 Å². The average molecular weight is 246 g/mol. The third-order valence-electron chi connectivity index (χ3n) is 2.09. The van der Waals surface area contributed by atoms with E-state index >= 15 is 0 Å². The summed E-state index contributed by atoms with van der Waals surface area (Å²) in [5, 5.41) is 0. The molecule has 0 radical (unpaired) electrons. The van der Waals surface area contributed by atoms with E-state index in [9.17, 15) is 13.2 Å². The number of alkyl halides is 3. The van der Waals surface area contributed by atoms with Gasteiger partial charge >= 0.3 is 6.18 Å². The highest BCUT2D eigenvalue weighted by molar-refractivity contribution is 5.52. The summed E-state index contributed by atoms with van der Waals surface area (Å²) in [5.41, 5.74) is -0.401. The van der Waals surface area contributed by atoms with E-state index in [1.54, 1.807) is 0 Å². The minimum atomic E-state index is -4.44. The van der Waals surface area contributed by atoms with Gasteiger partial charge in [-0.1, -0.05) is 18.7 Å². The first-order valence-electron chi connectivity index (χ1n) is 4.94. The van der Waals surface area contributed by atoms with Crippen molar-refractivity contribution in [3.05, 3.63) is 35.9 Å². The van der Waals surface area contributed by atoms with Crippen LogP contribution in [0, 0.1) is 0 Å². The van der Waals surface area contributed by atoms with Crippen LogP contribution < -0.4 is 4.74 Å². The van der Waals surface area contributed by atoms with Crippen molar-refractivity contribution in [3.8, 4) is 5.75 Å². The first-order valence-corrected chi connectivity index (χ1v) is 4.94. The molecule has 0 fully saturated rings. The van der Waals surface area contributed by atoms with E-state index in [0.29, 0.717) is 5.56 Å². The minimum Gasteiger partial charge on any atom is -0.491 e. The Balaban J connectivity index is 2.98. The molecule has 1 aromatic rings. The van der Waals surface area contributed by atoms with Crippen LogP contribution in [-0.4, -0.2) is 20.3 Å². The SMILES string of the molecule is C=Cc1ccc(OCCOC)c(C(F)(F)F)c1. The fourth-order valence-corrected chi connectivity index (χ4v) is 1.26. The molecule has 0 aliphatic carbocycles. The Labute approximate surface area is 97.7 Å². The third kappa shape index (κ3) is 3.78. The highest BCUT2D eigenvalue weighted by atomic mass is 19.4. The molecular formula is C12H13F3O2. The van der Waals surface area contributed by atoms with Gasteiger partial charge in [0.1, 0.15) is 12.4 Å². The Morgan fingerprint density at radius 3 is 2.53 bits per heavy atom. The van der Waals surface area contributed by atoms with Crippen molar-refractivity contribution in [2.24, 2.45) is 0 Å². The van der Waals surface area contributed by atoms with Crippen molar-refractivity contribution in [2.45, 2.75) is 6.18 Å². The predicted molar refractivity (Wildman–Crippen MR) is 58.9 cm³/mol. The van der Waals surface area contributed by atoms with Crippen LogP contribution in [0.2, 0.25) is 0 Å². The number of ether oxygens (including phenoxy) is 2. The topological polar surface area (TPSA) is 18.5 Å². The highest BCUT2D eigenvalue weighted by Crippen LogP contribution is 2.36. The van der Waals surface area contributed by atoms with Crippen LogP contribution in [0.25, 0.3) is 6.08 Å². The molecule has 0 bridgehead atoms. The molecule has 1 rings (SSSR count). The lowest BCUT2D eigenvalue weighted by atomic mass is 10.1. The Bertz CT molecular complexity index is 386. The third-order valence-corrected chi connectivity index (χ3v) is 2.09. The van der Waals surface area contributed by atoms with Crippen LogP contribution in [0.5, 0.6) is 5.75 Å². The summed E-state index contributed by atoms with van der Waals surface area (Å²) >= 11 is 0. The molecule has 0 aliphatic rings. The molecule has 94 valence electrons. The lowest BCUT2D eigenvalue weighted by Gasteiger charge is -2.14. The molecule has 0 N–H and O–H groups in total. The quantitative estimate of drug-likeness (QED) is 0.741. The molecule has 5 heteroatoms. The molecule has 0 heterocycles. The Morgan fingerprint density at radius 1 is 1.29 bits per heavy atom. The lowest BCUT2D eigenvalue weighted by Crippen LogP contribution is -2.11. The summed E-state index contributed by atoms with van der Waals surface area (Å²) in [6.07, 6.45) is -3.09. The Hall–Kier alpha value is -1.49. The lowest BCUT2D eigenvalue weighted by molar-refractivity contribution is -0.139. The molecule has 0 aromatic heterocycles. The van der Waals surface area contributed by atoms with Crippen LogP contribution in [0.4, 0.5) is 13.2 Å². The zero-order valence-electron chi connectivity index (χ0n) is 9.38. The summed E-state index contributed by atoms with van der Waals surface area (Å²) in [5.74, 6) is -0.194. The molecule has 2 nitrogen and oxygen atoms in total. The summed E-state index contributed by atoms with van der Waals surface area (Å²) in [6, 6.07) is 3.81. The Morgan fingerprint density at radius 2 is 2.00 bits per heavy atom. The molecule has 17 heavy (non-hydrogen) atoms. The van der Waals surface area contributed by atoms with E-state index < -0.39 is 11.7 Å². The zero-order valence-corrected chi connectivity index (χ0v) is 9.38. The predicted octanol–water partition coefficient (Wildman–Crippen LogP) is 3.37. The number of hydrogen-bond donors (Lipinski definition) is 0.